The van der Waals surface area contributed by atoms with Crippen LogP contribution < -0.4 is 5.73 Å². The molecule has 0 amide bonds. The molecule has 67 heavy (non-hydrogen) atoms. The second-order valence-corrected chi connectivity index (χ2v) is 20.6. The minimum absolute atomic E-state index is 0.0558. The number of phosphoric acid groups is 1. The van der Waals surface area contributed by atoms with Gasteiger partial charge in [-0.3, -0.25) is 18.6 Å². The van der Waals surface area contributed by atoms with Crippen LogP contribution in [0.15, 0.2) is 36.5 Å². The molecule has 0 radical (unpaired) electrons. The van der Waals surface area contributed by atoms with Gasteiger partial charge < -0.3 is 20.1 Å². The molecular weight excluding hydrogens is 858 g/mol. The summed E-state index contributed by atoms with van der Waals surface area (Å²) in [4.78, 5) is 34.6. The number of esters is 2. The molecule has 2 atom stereocenters. The number of allylic oxidation sites excluding steroid dienone is 6. The molecule has 0 heterocycles. The molecule has 0 aromatic carbocycles. The van der Waals surface area contributed by atoms with E-state index in [1.165, 1.54) is 193 Å². The number of carbonyl (C=O) groups is 2. The highest BCUT2D eigenvalue weighted by atomic mass is 31.2. The largest absolute Gasteiger partial charge is 0.472 e. The van der Waals surface area contributed by atoms with Gasteiger partial charge in [0.2, 0.25) is 0 Å². The fraction of sp³-hybridized carbons (Fsp3) is 0.860. The van der Waals surface area contributed by atoms with Crippen LogP contribution in [-0.2, 0) is 32.7 Å². The van der Waals surface area contributed by atoms with Crippen molar-refractivity contribution < 1.29 is 37.6 Å². The average Bonchev–Trinajstić information content (AvgIpc) is 3.32. The Hall–Kier alpha value is -1.77. The fourth-order valence-electron chi connectivity index (χ4n) is 8.29. The fourth-order valence-corrected chi connectivity index (χ4v) is 9.06. The highest BCUT2D eigenvalue weighted by molar-refractivity contribution is 7.47. The van der Waals surface area contributed by atoms with Gasteiger partial charge in [0, 0.05) is 19.4 Å². The zero-order valence-corrected chi connectivity index (χ0v) is 44.8. The molecule has 0 saturated carbocycles. The van der Waals surface area contributed by atoms with Gasteiger partial charge in [0.25, 0.3) is 0 Å². The van der Waals surface area contributed by atoms with E-state index in [0.717, 1.165) is 57.8 Å². The number of unbranched alkanes of at least 4 members (excludes halogenated alkanes) is 35. The average molecular weight is 966 g/mol. The smallest absolute Gasteiger partial charge is 0.462 e. The van der Waals surface area contributed by atoms with Crippen LogP contribution in [0, 0.1) is 0 Å². The lowest BCUT2D eigenvalue weighted by molar-refractivity contribution is -0.161. The van der Waals surface area contributed by atoms with E-state index in [-0.39, 0.29) is 38.6 Å². The van der Waals surface area contributed by atoms with Gasteiger partial charge in [0.05, 0.1) is 13.2 Å². The quantitative estimate of drug-likeness (QED) is 0.0264. The van der Waals surface area contributed by atoms with Crippen LogP contribution in [0.1, 0.15) is 284 Å². The number of nitrogens with two attached hydrogens (primary N) is 1. The molecule has 0 rings (SSSR count). The van der Waals surface area contributed by atoms with Crippen molar-refractivity contribution in [3.63, 3.8) is 0 Å². The Balaban J connectivity index is 3.59. The van der Waals surface area contributed by atoms with Gasteiger partial charge in [-0.25, -0.2) is 4.57 Å². The van der Waals surface area contributed by atoms with Crippen molar-refractivity contribution in [2.24, 2.45) is 5.73 Å². The van der Waals surface area contributed by atoms with E-state index >= 15 is 0 Å². The number of hydrogen-bond acceptors (Lipinski definition) is 8. The van der Waals surface area contributed by atoms with E-state index < -0.39 is 26.5 Å². The summed E-state index contributed by atoms with van der Waals surface area (Å²) in [7, 11) is -4.36. The zero-order valence-electron chi connectivity index (χ0n) is 43.9. The number of ether oxygens (including phenoxy) is 2. The van der Waals surface area contributed by atoms with Gasteiger partial charge in [0.1, 0.15) is 6.61 Å². The Labute approximate surface area is 414 Å². The molecule has 0 aliphatic rings. The third-order valence-electron chi connectivity index (χ3n) is 12.5. The molecule has 2 unspecified atom stereocenters. The topological polar surface area (TPSA) is 134 Å². The van der Waals surface area contributed by atoms with E-state index in [4.69, 9.17) is 24.3 Å². The SMILES string of the molecule is CCCCCCC/C=C\C/C=C\C/C=C\CCCCCCCCCCCCCCCCCCCCCCCCCCCCC(=O)OC(COC(=O)CCCCCCC)COP(=O)(O)OCCN. The lowest BCUT2D eigenvalue weighted by atomic mass is 10.0. The summed E-state index contributed by atoms with van der Waals surface area (Å²) in [6.45, 7) is 3.65. The Bertz CT molecular complexity index is 1190. The van der Waals surface area contributed by atoms with Crippen LogP contribution in [0.4, 0.5) is 0 Å². The minimum atomic E-state index is -4.36. The summed E-state index contributed by atoms with van der Waals surface area (Å²) >= 11 is 0. The summed E-state index contributed by atoms with van der Waals surface area (Å²) < 4.78 is 32.6. The molecule has 0 aromatic heterocycles. The van der Waals surface area contributed by atoms with Gasteiger partial charge in [-0.1, -0.05) is 256 Å². The highest BCUT2D eigenvalue weighted by Gasteiger charge is 2.26. The predicted octanol–water partition coefficient (Wildman–Crippen LogP) is 17.6. The number of phosphoric ester groups is 1. The standard InChI is InChI=1S/C57H108NO8P/c1-3-5-7-9-10-11-12-13-14-15-16-17-18-19-20-21-22-23-24-25-26-27-28-29-30-31-32-33-34-35-36-37-38-39-40-41-42-43-44-46-48-50-57(60)66-55(54-65-67(61,62)64-52-51-58)53-63-56(59)49-47-45-8-6-4-2/h12-13,15-16,18-19,55H,3-11,14,17,20-54,58H2,1-2H3,(H,61,62)/b13-12-,16-15-,19-18-. The van der Waals surface area contributed by atoms with Crippen LogP contribution in [0.25, 0.3) is 0 Å². The van der Waals surface area contributed by atoms with Crippen LogP contribution in [-0.4, -0.2) is 49.3 Å². The van der Waals surface area contributed by atoms with E-state index in [2.05, 4.69) is 50.3 Å². The molecule has 394 valence electrons. The first-order valence-corrected chi connectivity index (χ1v) is 30.0. The van der Waals surface area contributed by atoms with Crippen molar-refractivity contribution in [3.05, 3.63) is 36.5 Å². The highest BCUT2D eigenvalue weighted by Crippen LogP contribution is 2.43. The minimum Gasteiger partial charge on any atom is -0.462 e. The number of rotatable bonds is 54. The van der Waals surface area contributed by atoms with Gasteiger partial charge in [-0.05, 0) is 51.4 Å². The summed E-state index contributed by atoms with van der Waals surface area (Å²) in [5.74, 6) is -0.831. The Kier molecular flexibility index (Phi) is 52.2. The molecular formula is C57H108NO8P. The third-order valence-corrected chi connectivity index (χ3v) is 13.5. The van der Waals surface area contributed by atoms with Gasteiger partial charge >= 0.3 is 19.8 Å². The van der Waals surface area contributed by atoms with Gasteiger partial charge in [0.15, 0.2) is 6.10 Å². The molecule has 0 bridgehead atoms. The Morgan fingerprint density at radius 1 is 0.448 bits per heavy atom. The first-order valence-electron chi connectivity index (χ1n) is 28.5. The van der Waals surface area contributed by atoms with Gasteiger partial charge in [-0.2, -0.15) is 0 Å². The molecule has 0 aliphatic heterocycles. The Morgan fingerprint density at radius 2 is 0.776 bits per heavy atom. The maximum Gasteiger partial charge on any atom is 0.472 e. The van der Waals surface area contributed by atoms with E-state index in [1.807, 2.05) is 0 Å². The van der Waals surface area contributed by atoms with E-state index in [9.17, 15) is 19.0 Å². The van der Waals surface area contributed by atoms with Crippen LogP contribution >= 0.6 is 7.82 Å². The molecule has 0 aromatic rings. The lowest BCUT2D eigenvalue weighted by Crippen LogP contribution is -2.29. The predicted molar refractivity (Wildman–Crippen MR) is 284 cm³/mol. The maximum atomic E-state index is 12.6. The molecule has 9 nitrogen and oxygen atoms in total. The summed E-state index contributed by atoms with van der Waals surface area (Å²) in [6.07, 6.45) is 64.4. The molecule has 3 N–H and O–H groups in total. The van der Waals surface area contributed by atoms with Crippen molar-refractivity contribution in [2.75, 3.05) is 26.4 Å². The summed E-state index contributed by atoms with van der Waals surface area (Å²) in [6, 6.07) is 0. The summed E-state index contributed by atoms with van der Waals surface area (Å²) in [5.41, 5.74) is 5.34. The second-order valence-electron chi connectivity index (χ2n) is 19.2. The number of carbonyl (C=O) groups excluding carboxylic acids is 2. The molecule has 0 fully saturated rings. The normalized spacial score (nSPS) is 13.3. The molecule has 10 heteroatoms. The molecule has 0 saturated heterocycles. The first-order chi connectivity index (χ1) is 32.8. The monoisotopic (exact) mass is 966 g/mol. The van der Waals surface area contributed by atoms with Crippen molar-refractivity contribution >= 4 is 19.8 Å². The molecule has 0 spiro atoms. The van der Waals surface area contributed by atoms with Gasteiger partial charge in [-0.15, -0.1) is 0 Å². The lowest BCUT2D eigenvalue weighted by Gasteiger charge is -2.19. The summed E-state index contributed by atoms with van der Waals surface area (Å²) in [5, 5.41) is 0. The second kappa shape index (κ2) is 53.6. The maximum absolute atomic E-state index is 12.6. The van der Waals surface area contributed by atoms with Crippen molar-refractivity contribution in [1.82, 2.24) is 0 Å². The van der Waals surface area contributed by atoms with Crippen molar-refractivity contribution in [3.8, 4) is 0 Å². The number of hydrogen-bond donors (Lipinski definition) is 2. The third kappa shape index (κ3) is 53.4. The van der Waals surface area contributed by atoms with E-state index in [0.29, 0.717) is 6.42 Å². The molecule has 0 aliphatic carbocycles. The zero-order chi connectivity index (χ0) is 48.8. The van der Waals surface area contributed by atoms with Crippen molar-refractivity contribution in [2.45, 2.75) is 290 Å². The first kappa shape index (κ1) is 65.2. The van der Waals surface area contributed by atoms with Crippen LogP contribution in [0.2, 0.25) is 0 Å². The van der Waals surface area contributed by atoms with Crippen LogP contribution in [0.5, 0.6) is 0 Å². The van der Waals surface area contributed by atoms with E-state index in [1.54, 1.807) is 0 Å². The van der Waals surface area contributed by atoms with Crippen molar-refractivity contribution in [1.29, 1.82) is 0 Å². The Morgan fingerprint density at radius 3 is 1.15 bits per heavy atom. The van der Waals surface area contributed by atoms with Crippen LogP contribution in [0.3, 0.4) is 0 Å².